The van der Waals surface area contributed by atoms with E-state index >= 15 is 0 Å². The predicted octanol–water partition coefficient (Wildman–Crippen LogP) is 12.0. The molecule has 0 aliphatic carbocycles. The lowest BCUT2D eigenvalue weighted by atomic mass is 9.99. The number of sulfonamides is 4. The summed E-state index contributed by atoms with van der Waals surface area (Å²) in [6, 6.07) is 37.7. The van der Waals surface area contributed by atoms with E-state index in [2.05, 4.69) is 76.5 Å². The van der Waals surface area contributed by atoms with Gasteiger partial charge in [0, 0.05) is 176 Å². The zero-order chi connectivity index (χ0) is 98.5. The number of benzene rings is 4. The van der Waals surface area contributed by atoms with Gasteiger partial charge in [-0.3, -0.25) is 4.79 Å². The highest BCUT2D eigenvalue weighted by atomic mass is 35.5. The molecule has 0 saturated carbocycles. The number of aromatic nitrogens is 4. The molecule has 6 fully saturated rings. The number of amides is 3. The topological polar surface area (TPSA) is 489 Å². The Kier molecular flexibility index (Phi) is 36.9. The highest BCUT2D eigenvalue weighted by Crippen LogP contribution is 2.36. The summed E-state index contributed by atoms with van der Waals surface area (Å²) in [5.41, 5.74) is 9.15. The number of likely N-dealkylation sites (tertiary alicyclic amines) is 1. The monoisotopic (exact) mass is 1940 g/mol. The number of hydrogen-bond donors (Lipinski definition) is 8. The summed E-state index contributed by atoms with van der Waals surface area (Å²) in [5, 5.41) is 49.7. The normalized spacial score (nSPS) is 18.1. The third kappa shape index (κ3) is 30.0. The van der Waals surface area contributed by atoms with Crippen LogP contribution in [-0.4, -0.2) is 237 Å². The third-order valence-corrected chi connectivity index (χ3v) is 27.2. The minimum absolute atomic E-state index is 0.0110. The number of piperidine rings is 3. The molecule has 0 spiro atoms. The van der Waals surface area contributed by atoms with Crippen LogP contribution >= 0.6 is 11.6 Å². The molecule has 0 radical (unpaired) electrons. The van der Waals surface area contributed by atoms with E-state index in [1.807, 2.05) is 168 Å². The van der Waals surface area contributed by atoms with Crippen molar-refractivity contribution in [3.8, 4) is 6.07 Å². The van der Waals surface area contributed by atoms with Crippen LogP contribution in [0.25, 0.3) is 4.85 Å². The fraction of sp³-hybridized carbons (Fsp3) is 0.462. The SMILES string of the molecule is C[C@@H]1CN(C(=O)OC(C)(C)C)CCN1c1ncccc1S(N)(=O)=O.C[C@@H]1CNCCN1c1ncccc1S(N)(=O)=O.C[C@H]1CCCN(C(=O)OC(C)(C)C)C1.Cc1cc(C)c(C(=O)O)cc1NC1CCN(c2ccccc2C#N)CC1.NS(=O)(=O)c1cccnc1Cl.[C-]#[N+]c1ccccc1N1CCC(Nc2cc(C(=O)N3CCN(c4ncccc4S(N)(=O)=O)[C@H](C)C3)c(C)cc2C)CC1. The number of aromatic carboxylic acids is 1. The van der Waals surface area contributed by atoms with Gasteiger partial charge in [-0.15, -0.1) is 0 Å². The van der Waals surface area contributed by atoms with Gasteiger partial charge in [-0.25, -0.2) is 93.4 Å². The number of rotatable bonds is 15. The minimum Gasteiger partial charge on any atom is -0.478 e. The summed E-state index contributed by atoms with van der Waals surface area (Å²) in [6.45, 7) is 44.6. The Morgan fingerprint density at radius 3 is 1.32 bits per heavy atom. The molecule has 14 rings (SSSR count). The van der Waals surface area contributed by atoms with Gasteiger partial charge in [0.05, 0.1) is 23.4 Å². The van der Waals surface area contributed by atoms with Gasteiger partial charge in [0.15, 0.2) is 0 Å². The van der Waals surface area contributed by atoms with Crippen LogP contribution in [0, 0.1) is 51.5 Å². The van der Waals surface area contributed by atoms with Crippen molar-refractivity contribution in [3.05, 3.63) is 202 Å². The van der Waals surface area contributed by atoms with Gasteiger partial charge in [0.2, 0.25) is 45.8 Å². The molecule has 0 unspecified atom stereocenters. The second-order valence-corrected chi connectivity index (χ2v) is 42.4. The number of nitrogens with two attached hydrogens (primary N) is 4. The lowest BCUT2D eigenvalue weighted by molar-refractivity contribution is 0.0172. The van der Waals surface area contributed by atoms with E-state index < -0.39 is 51.7 Å². The first-order valence-corrected chi connectivity index (χ1v) is 50.8. The van der Waals surface area contributed by atoms with Crippen LogP contribution in [-0.2, 0) is 49.6 Å². The number of nitriles is 1. The number of carbonyl (C=O) groups is 4. The van der Waals surface area contributed by atoms with Gasteiger partial charge in [0.25, 0.3) is 5.91 Å². The molecule has 3 amide bonds. The fourth-order valence-electron chi connectivity index (χ4n) is 16.4. The molecule has 6 aliphatic heterocycles. The second-order valence-electron chi connectivity index (χ2n) is 35.9. The molecule has 6 saturated heterocycles. The maximum atomic E-state index is 13.8. The number of carbonyl (C=O) groups excluding carboxylic acids is 3. The molecule has 4 aromatic carbocycles. The lowest BCUT2D eigenvalue weighted by Crippen LogP contribution is -2.55. The Morgan fingerprint density at radius 1 is 0.500 bits per heavy atom. The largest absolute Gasteiger partial charge is 0.478 e. The molecule has 12 N–H and O–H groups in total. The number of primary sulfonamides is 4. The van der Waals surface area contributed by atoms with Crippen molar-refractivity contribution in [2.75, 3.05) is 133 Å². The average molecular weight is 1940 g/mol. The molecule has 0 bridgehead atoms. The number of pyridine rings is 4. The van der Waals surface area contributed by atoms with Gasteiger partial charge in [0.1, 0.15) is 59.5 Å². The fourth-order valence-corrected chi connectivity index (χ4v) is 19.5. The first-order valence-electron chi connectivity index (χ1n) is 44.2. The van der Waals surface area contributed by atoms with Crippen molar-refractivity contribution in [1.29, 1.82) is 5.26 Å². The predicted molar refractivity (Wildman–Crippen MR) is 521 cm³/mol. The zero-order valence-corrected chi connectivity index (χ0v) is 82.4. The van der Waals surface area contributed by atoms with Crippen LogP contribution in [0.1, 0.15) is 156 Å². The first kappa shape index (κ1) is 106. The summed E-state index contributed by atoms with van der Waals surface area (Å²) in [5.74, 6) is 0.756. The number of carboxylic acid groups (broad SMARTS) is 1. The molecular weight excluding hydrogens is 1810 g/mol. The van der Waals surface area contributed by atoms with Gasteiger partial charge in [-0.05, 0) is 236 Å². The third-order valence-electron chi connectivity index (χ3n) is 23.0. The molecule has 134 heavy (non-hydrogen) atoms. The molecule has 4 atom stereocenters. The first-order chi connectivity index (χ1) is 62.9. The quantitative estimate of drug-likeness (QED) is 0.0349. The molecule has 41 heteroatoms. The average Bonchev–Trinajstić information content (AvgIpc) is 0.797. The van der Waals surface area contributed by atoms with E-state index in [0.29, 0.717) is 91.1 Å². The Balaban J connectivity index is 0.000000191. The summed E-state index contributed by atoms with van der Waals surface area (Å²) < 4.78 is 103. The number of para-hydroxylation sites is 3. The molecule has 4 aromatic heterocycles. The van der Waals surface area contributed by atoms with Crippen LogP contribution in [0.3, 0.4) is 0 Å². The Morgan fingerprint density at radius 2 is 0.903 bits per heavy atom. The number of halogens is 1. The van der Waals surface area contributed by atoms with Crippen molar-refractivity contribution in [2.45, 2.75) is 196 Å². The van der Waals surface area contributed by atoms with E-state index in [9.17, 15) is 63.2 Å². The number of piperazine rings is 3. The Hall–Kier alpha value is -11.6. The van der Waals surface area contributed by atoms with Gasteiger partial charge in [-0.1, -0.05) is 61.0 Å². The van der Waals surface area contributed by atoms with E-state index in [4.69, 9.17) is 48.2 Å². The van der Waals surface area contributed by atoms with E-state index in [-0.39, 0.29) is 72.6 Å². The smallest absolute Gasteiger partial charge is 0.410 e. The zero-order valence-electron chi connectivity index (χ0n) is 78.4. The highest BCUT2D eigenvalue weighted by Gasteiger charge is 2.37. The Labute approximate surface area is 793 Å². The number of hydrogen-bond acceptors (Lipinski definition) is 27. The lowest BCUT2D eigenvalue weighted by Gasteiger charge is -2.41. The standard InChI is InChI=1S/C31H37N7O3S.C21H23N3O2.C15H24N4O4S.C11H21NO2.C10H16N4O2S.C5H5ClN2O2S/c1-21-18-22(2)27(35-24-11-14-36(15-12-24)28-9-6-5-8-26(28)33-4)19-25(21)31(39)37-16-17-38(23(3)20-37)30-29(42(32,40)41)10-7-13-34-30;1-14-11-15(2)19(12-18(14)21(25)26)23-17-7-9-24(10-8-17)20-6-4-3-5-16(20)13-22;1-11-10-18(14(20)23-15(2,3)4)8-9-19(11)13-12(24(16,21)22)6-5-7-17-13;1-9-6-5-7-12(8-9)10(13)14-11(2,3)4;1-8-7-12-5-6-14(8)10-9(17(11,15)16)3-2-4-13-10;6-5-4(11(7,9)10)2-1-3-8-5/h5-10,13,18-19,23-24,35H,11-12,14-17,20H2,1-3H3,(H2,32,40,41);3-6,11-12,17,23H,7-10H2,1-2H3,(H,25,26);5-7,11H,8-10H2,1-4H3,(H2,16,21,22);9H,5-8H2,1-4H3;2-4,8,12H,5-7H2,1H3,(H2,11,15,16);1-3H,(H2,7,9,10)/t23-;;11-;9-;8-;/m1.101./s1. The molecule has 8 aromatic rings. The van der Waals surface area contributed by atoms with Crippen molar-refractivity contribution < 1.29 is 67.4 Å². The molecule has 724 valence electrons. The second kappa shape index (κ2) is 46.6. The highest BCUT2D eigenvalue weighted by molar-refractivity contribution is 7.90. The summed E-state index contributed by atoms with van der Waals surface area (Å²) in [6.07, 6.45) is 11.6. The van der Waals surface area contributed by atoms with Crippen molar-refractivity contribution in [3.63, 3.8) is 0 Å². The number of anilines is 7. The number of ether oxygens (including phenoxy) is 2. The number of nitrogens with one attached hydrogen (secondary N) is 3. The maximum Gasteiger partial charge on any atom is 0.410 e. The molecule has 36 nitrogen and oxygen atoms in total. The van der Waals surface area contributed by atoms with Crippen molar-refractivity contribution >= 4 is 122 Å². The minimum atomic E-state index is -3.93. The molecule has 6 aliphatic rings. The molecular formula is C93H126ClN21O15S4. The van der Waals surface area contributed by atoms with Gasteiger partial charge < -0.3 is 69.7 Å². The molecule has 10 heterocycles. The summed E-state index contributed by atoms with van der Waals surface area (Å²) >= 11 is 5.44. The van der Waals surface area contributed by atoms with Crippen molar-refractivity contribution in [1.82, 2.24) is 40.0 Å². The van der Waals surface area contributed by atoms with Crippen LogP contribution < -0.4 is 61.0 Å². The summed E-state index contributed by atoms with van der Waals surface area (Å²) in [7, 11) is -15.3. The van der Waals surface area contributed by atoms with Gasteiger partial charge >= 0.3 is 18.2 Å². The maximum absolute atomic E-state index is 13.8. The van der Waals surface area contributed by atoms with Crippen LogP contribution in [0.2, 0.25) is 5.15 Å². The van der Waals surface area contributed by atoms with E-state index in [0.717, 1.165) is 136 Å². The van der Waals surface area contributed by atoms with Crippen LogP contribution in [0.5, 0.6) is 0 Å². The Bertz CT molecular complexity index is 6020. The van der Waals surface area contributed by atoms with E-state index in [1.54, 1.807) is 35.5 Å². The van der Waals surface area contributed by atoms with Crippen molar-refractivity contribution in [2.24, 2.45) is 26.5 Å². The van der Waals surface area contributed by atoms with E-state index in [1.165, 1.54) is 55.2 Å². The number of nitrogens with zero attached hydrogens (tertiary/aromatic N) is 14. The van der Waals surface area contributed by atoms with Crippen LogP contribution in [0.15, 0.2) is 166 Å². The number of aryl methyl sites for hydroxylation is 4. The number of carboxylic acids is 1. The van der Waals surface area contributed by atoms with Crippen LogP contribution in [0.4, 0.5) is 55.5 Å². The van der Waals surface area contributed by atoms with Gasteiger partial charge in [-0.2, -0.15) is 5.26 Å². The summed E-state index contributed by atoms with van der Waals surface area (Å²) in [4.78, 5) is 84.3.